The Hall–Kier alpha value is -1.37. The minimum absolute atomic E-state index is 0. The Morgan fingerprint density at radius 1 is 1.54 bits per heavy atom. The van der Waals surface area contributed by atoms with Gasteiger partial charge in [-0.05, 0) is 31.9 Å². The fourth-order valence-corrected chi connectivity index (χ4v) is 2.75. The first-order valence-electron chi connectivity index (χ1n) is 8.31. The second kappa shape index (κ2) is 9.20. The quantitative estimate of drug-likeness (QED) is 0.813. The van der Waals surface area contributed by atoms with E-state index in [1.54, 1.807) is 6.92 Å². The van der Waals surface area contributed by atoms with Crippen LogP contribution in [0.25, 0.3) is 0 Å². The molecule has 2 rings (SSSR count). The van der Waals surface area contributed by atoms with E-state index in [2.05, 4.69) is 22.1 Å². The lowest BCUT2D eigenvalue weighted by molar-refractivity contribution is -0.126. The molecule has 0 aliphatic carbocycles. The summed E-state index contributed by atoms with van der Waals surface area (Å²) in [5, 5.41) is 2.89. The third-order valence-corrected chi connectivity index (χ3v) is 4.12. The summed E-state index contributed by atoms with van der Waals surface area (Å²) in [6.45, 7) is 8.74. The largest absolute Gasteiger partial charge is 0.375 e. The highest BCUT2D eigenvalue weighted by Crippen LogP contribution is 2.15. The van der Waals surface area contributed by atoms with Crippen molar-refractivity contribution in [2.24, 2.45) is 5.73 Å². The van der Waals surface area contributed by atoms with Crippen molar-refractivity contribution in [1.29, 1.82) is 0 Å². The van der Waals surface area contributed by atoms with E-state index in [0.29, 0.717) is 13.0 Å². The molecule has 1 aromatic heterocycles. The van der Waals surface area contributed by atoms with E-state index >= 15 is 0 Å². The van der Waals surface area contributed by atoms with Gasteiger partial charge in [0.15, 0.2) is 0 Å². The van der Waals surface area contributed by atoms with E-state index in [9.17, 15) is 4.79 Å². The Morgan fingerprint density at radius 3 is 2.88 bits per heavy atom. The number of morpholine rings is 1. The molecule has 0 aromatic carbocycles. The third-order valence-electron chi connectivity index (χ3n) is 4.12. The van der Waals surface area contributed by atoms with E-state index < -0.39 is 5.54 Å². The second-order valence-electron chi connectivity index (χ2n) is 6.50. The second-order valence-corrected chi connectivity index (χ2v) is 6.50. The van der Waals surface area contributed by atoms with E-state index in [-0.39, 0.29) is 24.4 Å². The third kappa shape index (κ3) is 5.61. The van der Waals surface area contributed by atoms with Crippen LogP contribution in [0.4, 0.5) is 5.82 Å². The SMILES string of the molecule is CCCC(C)(N)C(=O)NCc1ccc(N2CCOC(C)C2)nc1.Cl. The summed E-state index contributed by atoms with van der Waals surface area (Å²) in [5.74, 6) is 0.829. The van der Waals surface area contributed by atoms with E-state index in [1.807, 2.05) is 25.3 Å². The van der Waals surface area contributed by atoms with Gasteiger partial charge in [-0.15, -0.1) is 12.4 Å². The molecule has 0 spiro atoms. The molecule has 0 bridgehead atoms. The zero-order valence-electron chi connectivity index (χ0n) is 14.7. The Morgan fingerprint density at radius 2 is 2.29 bits per heavy atom. The van der Waals surface area contributed by atoms with Crippen LogP contribution >= 0.6 is 12.4 Å². The Bertz CT molecular complexity index is 522. The summed E-state index contributed by atoms with van der Waals surface area (Å²) >= 11 is 0. The minimum Gasteiger partial charge on any atom is -0.375 e. The number of pyridine rings is 1. The molecule has 1 aliphatic heterocycles. The Kier molecular flexibility index (Phi) is 7.93. The van der Waals surface area contributed by atoms with Crippen LogP contribution in [0.15, 0.2) is 18.3 Å². The number of rotatable bonds is 6. The fraction of sp³-hybridized carbons (Fsp3) is 0.647. The topological polar surface area (TPSA) is 80.5 Å². The summed E-state index contributed by atoms with van der Waals surface area (Å²) in [5.41, 5.74) is 6.18. The normalized spacial score (nSPS) is 20.0. The standard InChI is InChI=1S/C17H28N4O2.ClH/c1-4-7-17(3,18)16(22)20-11-14-5-6-15(19-10-14)21-8-9-23-13(2)12-21;/h5-6,10,13H,4,7-9,11-12,18H2,1-3H3,(H,20,22);1H. The molecule has 1 amide bonds. The van der Waals surface area contributed by atoms with Crippen molar-refractivity contribution in [3.8, 4) is 0 Å². The zero-order valence-corrected chi connectivity index (χ0v) is 15.6. The minimum atomic E-state index is -0.813. The van der Waals surface area contributed by atoms with Crippen molar-refractivity contribution in [1.82, 2.24) is 10.3 Å². The number of hydrogen-bond donors (Lipinski definition) is 2. The predicted octanol–water partition coefficient (Wildman–Crippen LogP) is 1.86. The number of anilines is 1. The van der Waals surface area contributed by atoms with Crippen molar-refractivity contribution in [3.63, 3.8) is 0 Å². The number of nitrogens with two attached hydrogens (primary N) is 1. The van der Waals surface area contributed by atoms with E-state index in [0.717, 1.165) is 37.5 Å². The van der Waals surface area contributed by atoms with Crippen LogP contribution in [-0.4, -0.2) is 42.2 Å². The molecule has 1 fully saturated rings. The van der Waals surface area contributed by atoms with Crippen LogP contribution in [0, 0.1) is 0 Å². The number of hydrogen-bond acceptors (Lipinski definition) is 5. The number of ether oxygens (including phenoxy) is 1. The zero-order chi connectivity index (χ0) is 16.9. The van der Waals surface area contributed by atoms with Crippen molar-refractivity contribution in [2.75, 3.05) is 24.6 Å². The van der Waals surface area contributed by atoms with Gasteiger partial charge < -0.3 is 20.7 Å². The lowest BCUT2D eigenvalue weighted by atomic mass is 9.96. The van der Waals surface area contributed by atoms with Gasteiger partial charge in [0.2, 0.25) is 5.91 Å². The van der Waals surface area contributed by atoms with Crippen LogP contribution in [0.3, 0.4) is 0 Å². The number of carbonyl (C=O) groups excluding carboxylic acids is 1. The first kappa shape index (κ1) is 20.7. The summed E-state index contributed by atoms with van der Waals surface area (Å²) in [4.78, 5) is 18.8. The van der Waals surface area contributed by atoms with Crippen molar-refractivity contribution in [2.45, 2.75) is 51.8 Å². The van der Waals surface area contributed by atoms with Crippen molar-refractivity contribution < 1.29 is 9.53 Å². The summed E-state index contributed by atoms with van der Waals surface area (Å²) in [6.07, 6.45) is 3.59. The highest BCUT2D eigenvalue weighted by atomic mass is 35.5. The van der Waals surface area contributed by atoms with Gasteiger partial charge in [0.25, 0.3) is 0 Å². The molecule has 24 heavy (non-hydrogen) atoms. The average Bonchev–Trinajstić information content (AvgIpc) is 2.53. The van der Waals surface area contributed by atoms with Gasteiger partial charge in [-0.1, -0.05) is 19.4 Å². The smallest absolute Gasteiger partial charge is 0.240 e. The van der Waals surface area contributed by atoms with Gasteiger partial charge in [0.1, 0.15) is 5.82 Å². The molecule has 1 aliphatic rings. The number of aromatic nitrogens is 1. The first-order valence-corrected chi connectivity index (χ1v) is 8.31. The summed E-state index contributed by atoms with van der Waals surface area (Å²) < 4.78 is 5.54. The Balaban J connectivity index is 0.00000288. The van der Waals surface area contributed by atoms with Gasteiger partial charge in [0, 0.05) is 25.8 Å². The average molecular weight is 357 g/mol. The number of nitrogens with one attached hydrogen (secondary N) is 1. The lowest BCUT2D eigenvalue weighted by Gasteiger charge is -2.32. The maximum atomic E-state index is 12.1. The molecule has 2 heterocycles. The van der Waals surface area contributed by atoms with E-state index in [1.165, 1.54) is 0 Å². The molecule has 2 unspecified atom stereocenters. The predicted molar refractivity (Wildman–Crippen MR) is 98.5 cm³/mol. The molecular formula is C17H29ClN4O2. The molecule has 0 saturated carbocycles. The molecule has 6 nitrogen and oxygen atoms in total. The van der Waals surface area contributed by atoms with Crippen LogP contribution < -0.4 is 16.0 Å². The summed E-state index contributed by atoms with van der Waals surface area (Å²) in [6, 6.07) is 3.99. The number of nitrogens with zero attached hydrogens (tertiary/aromatic N) is 2. The number of halogens is 1. The van der Waals surface area contributed by atoms with Crippen molar-refractivity contribution >= 4 is 24.1 Å². The molecule has 136 valence electrons. The maximum Gasteiger partial charge on any atom is 0.240 e. The number of carbonyl (C=O) groups is 1. The van der Waals surface area contributed by atoms with Crippen LogP contribution in [-0.2, 0) is 16.1 Å². The molecular weight excluding hydrogens is 328 g/mol. The molecule has 1 aromatic rings. The van der Waals surface area contributed by atoms with Gasteiger partial charge in [-0.25, -0.2) is 4.98 Å². The van der Waals surface area contributed by atoms with Crippen LogP contribution in [0.5, 0.6) is 0 Å². The first-order chi connectivity index (χ1) is 10.9. The molecule has 0 radical (unpaired) electrons. The highest BCUT2D eigenvalue weighted by molar-refractivity contribution is 5.85. The Labute approximate surface area is 150 Å². The molecule has 7 heteroatoms. The van der Waals surface area contributed by atoms with Gasteiger partial charge >= 0.3 is 0 Å². The fourth-order valence-electron chi connectivity index (χ4n) is 2.75. The molecule has 2 atom stereocenters. The van der Waals surface area contributed by atoms with Gasteiger partial charge in [0.05, 0.1) is 18.2 Å². The van der Waals surface area contributed by atoms with Crippen LogP contribution in [0.1, 0.15) is 39.2 Å². The van der Waals surface area contributed by atoms with Crippen LogP contribution in [0.2, 0.25) is 0 Å². The number of amides is 1. The molecule has 3 N–H and O–H groups in total. The lowest BCUT2D eigenvalue weighted by Crippen LogP contribution is -2.51. The monoisotopic (exact) mass is 356 g/mol. The van der Waals surface area contributed by atoms with Gasteiger partial charge in [-0.3, -0.25) is 4.79 Å². The van der Waals surface area contributed by atoms with E-state index in [4.69, 9.17) is 10.5 Å². The summed E-state index contributed by atoms with van der Waals surface area (Å²) in [7, 11) is 0. The molecule has 1 saturated heterocycles. The van der Waals surface area contributed by atoms with Gasteiger partial charge in [-0.2, -0.15) is 0 Å². The van der Waals surface area contributed by atoms with Crippen molar-refractivity contribution in [3.05, 3.63) is 23.9 Å². The maximum absolute atomic E-state index is 12.1. The highest BCUT2D eigenvalue weighted by Gasteiger charge is 2.26.